The van der Waals surface area contributed by atoms with E-state index in [9.17, 15) is 21.6 Å². The number of alkyl halides is 3. The summed E-state index contributed by atoms with van der Waals surface area (Å²) in [6.45, 7) is 6.52. The van der Waals surface area contributed by atoms with Crippen molar-refractivity contribution in [3.63, 3.8) is 0 Å². The molecule has 198 valence electrons. The van der Waals surface area contributed by atoms with Crippen LogP contribution in [0.4, 0.5) is 19.0 Å². The van der Waals surface area contributed by atoms with Crippen molar-refractivity contribution in [1.29, 1.82) is 0 Å². The maximum Gasteiger partial charge on any atom is 0.573 e. The van der Waals surface area contributed by atoms with E-state index in [0.29, 0.717) is 19.0 Å². The second-order valence-electron chi connectivity index (χ2n) is 9.83. The van der Waals surface area contributed by atoms with Crippen LogP contribution in [0.3, 0.4) is 0 Å². The lowest BCUT2D eigenvalue weighted by molar-refractivity contribution is -0.274. The van der Waals surface area contributed by atoms with E-state index < -0.39 is 16.2 Å². The van der Waals surface area contributed by atoms with Crippen molar-refractivity contribution in [2.45, 2.75) is 31.5 Å². The molecule has 0 N–H and O–H groups in total. The fourth-order valence-corrected chi connectivity index (χ4v) is 6.26. The number of hydrogen-bond acceptors (Lipinski definition) is 7. The second kappa shape index (κ2) is 10.2. The Kier molecular flexibility index (Phi) is 7.19. The fraction of sp³-hybridized carbons (Fsp3) is 0.625. The molecule has 2 aliphatic heterocycles. The fourth-order valence-electron chi connectivity index (χ4n) is 4.98. The Morgan fingerprint density at radius 1 is 0.917 bits per heavy atom. The normalized spacial score (nSPS) is 21.9. The smallest absolute Gasteiger partial charge is 0.406 e. The largest absolute Gasteiger partial charge is 0.573 e. The zero-order valence-corrected chi connectivity index (χ0v) is 21.0. The van der Waals surface area contributed by atoms with Gasteiger partial charge in [-0.25, -0.2) is 13.1 Å². The molecule has 3 heterocycles. The molecule has 8 nitrogen and oxygen atoms in total. The molecule has 12 heteroatoms. The topological polar surface area (TPSA) is 70.9 Å². The van der Waals surface area contributed by atoms with E-state index in [-0.39, 0.29) is 17.3 Å². The van der Waals surface area contributed by atoms with Gasteiger partial charge in [0, 0.05) is 70.0 Å². The summed E-state index contributed by atoms with van der Waals surface area (Å²) in [6, 6.07) is 8.01. The molecule has 3 fully saturated rings. The lowest BCUT2D eigenvalue weighted by Gasteiger charge is -2.36. The number of hydrogen-bond donors (Lipinski definition) is 0. The predicted molar refractivity (Wildman–Crippen MR) is 131 cm³/mol. The molecule has 1 aromatic carbocycles. The van der Waals surface area contributed by atoms with Gasteiger partial charge in [0.1, 0.15) is 5.75 Å². The van der Waals surface area contributed by atoms with Gasteiger partial charge >= 0.3 is 6.36 Å². The number of sulfone groups is 1. The number of anilines is 1. The molecule has 0 amide bonds. The SMILES string of the molecule is O=S1(=O)CCN(CCN2CCN(c3cc(C4CCC4)n(-c4ccc(OC(F)(F)F)cc4)n3)CC2)CC1. The van der Waals surface area contributed by atoms with Crippen molar-refractivity contribution in [3.8, 4) is 11.4 Å². The van der Waals surface area contributed by atoms with Crippen LogP contribution in [0.1, 0.15) is 30.9 Å². The van der Waals surface area contributed by atoms with Gasteiger partial charge in [-0.1, -0.05) is 6.42 Å². The first-order chi connectivity index (χ1) is 17.2. The third-order valence-electron chi connectivity index (χ3n) is 7.43. The number of halogens is 3. The van der Waals surface area contributed by atoms with Crippen LogP contribution in [0.15, 0.2) is 30.3 Å². The minimum absolute atomic E-state index is 0.244. The van der Waals surface area contributed by atoms with Gasteiger partial charge in [-0.2, -0.15) is 5.10 Å². The number of aromatic nitrogens is 2. The molecule has 1 aliphatic carbocycles. The quantitative estimate of drug-likeness (QED) is 0.549. The number of rotatable bonds is 7. The van der Waals surface area contributed by atoms with Gasteiger partial charge in [-0.15, -0.1) is 13.2 Å². The standard InChI is InChI=1S/C24H32F3N5O3S/c25-24(26,27)35-21-6-4-20(5-7-21)32-22(19-2-1-3-19)18-23(28-32)31-12-10-29(11-13-31)8-9-30-14-16-36(33,34)17-15-30/h4-7,18-19H,1-3,8-17H2. The molecule has 0 spiro atoms. The average Bonchev–Trinajstić information content (AvgIpc) is 3.22. The molecule has 1 saturated carbocycles. The number of benzene rings is 1. The lowest BCUT2D eigenvalue weighted by Crippen LogP contribution is -2.50. The summed E-state index contributed by atoms with van der Waals surface area (Å²) >= 11 is 0. The highest BCUT2D eigenvalue weighted by molar-refractivity contribution is 7.91. The molecule has 0 radical (unpaired) electrons. The Balaban J connectivity index is 1.21. The molecule has 0 atom stereocenters. The summed E-state index contributed by atoms with van der Waals surface area (Å²) in [5.41, 5.74) is 1.82. The van der Waals surface area contributed by atoms with E-state index in [1.807, 2.05) is 4.68 Å². The summed E-state index contributed by atoms with van der Waals surface area (Å²) in [6.07, 6.45) is -1.36. The number of ether oxygens (including phenoxy) is 1. The van der Waals surface area contributed by atoms with Crippen molar-refractivity contribution in [1.82, 2.24) is 19.6 Å². The summed E-state index contributed by atoms with van der Waals surface area (Å²) in [5.74, 6) is 1.57. The molecule has 2 saturated heterocycles. The van der Waals surface area contributed by atoms with Gasteiger partial charge in [0.25, 0.3) is 0 Å². The average molecular weight is 528 g/mol. The van der Waals surface area contributed by atoms with Gasteiger partial charge in [0.05, 0.1) is 17.2 Å². The maximum absolute atomic E-state index is 12.5. The first-order valence-corrected chi connectivity index (χ1v) is 14.3. The van der Waals surface area contributed by atoms with E-state index >= 15 is 0 Å². The van der Waals surface area contributed by atoms with Crippen molar-refractivity contribution in [3.05, 3.63) is 36.0 Å². The first kappa shape index (κ1) is 25.3. The molecule has 3 aliphatic rings. The zero-order valence-electron chi connectivity index (χ0n) is 20.2. The van der Waals surface area contributed by atoms with Gasteiger partial charge in [0.2, 0.25) is 0 Å². The summed E-state index contributed by atoms with van der Waals surface area (Å²) in [4.78, 5) is 6.90. The second-order valence-corrected chi connectivity index (χ2v) is 12.1. The van der Waals surface area contributed by atoms with Crippen LogP contribution in [0, 0.1) is 0 Å². The highest BCUT2D eigenvalue weighted by Crippen LogP contribution is 2.39. The van der Waals surface area contributed by atoms with Gasteiger partial charge < -0.3 is 14.5 Å². The van der Waals surface area contributed by atoms with E-state index in [4.69, 9.17) is 5.10 Å². The third-order valence-corrected chi connectivity index (χ3v) is 9.04. The highest BCUT2D eigenvalue weighted by Gasteiger charge is 2.31. The minimum Gasteiger partial charge on any atom is -0.406 e. The van der Waals surface area contributed by atoms with Crippen molar-refractivity contribution in [2.75, 3.05) is 68.8 Å². The summed E-state index contributed by atoms with van der Waals surface area (Å²) < 4.78 is 66.7. The predicted octanol–water partition coefficient (Wildman–Crippen LogP) is 2.89. The van der Waals surface area contributed by atoms with E-state index in [1.54, 1.807) is 12.1 Å². The van der Waals surface area contributed by atoms with Crippen LogP contribution in [0.2, 0.25) is 0 Å². The van der Waals surface area contributed by atoms with Crippen LogP contribution in [-0.2, 0) is 9.84 Å². The first-order valence-electron chi connectivity index (χ1n) is 12.5. The van der Waals surface area contributed by atoms with Crippen LogP contribution in [-0.4, -0.2) is 98.2 Å². The van der Waals surface area contributed by atoms with Crippen LogP contribution in [0.5, 0.6) is 5.75 Å². The van der Waals surface area contributed by atoms with Gasteiger partial charge in [-0.3, -0.25) is 4.90 Å². The Labute approximate surface area is 209 Å². The number of nitrogens with zero attached hydrogens (tertiary/aromatic N) is 5. The Bertz CT molecular complexity index is 1130. The number of piperazine rings is 1. The maximum atomic E-state index is 12.5. The lowest BCUT2D eigenvalue weighted by atomic mass is 9.83. The van der Waals surface area contributed by atoms with E-state index in [2.05, 4.69) is 25.5 Å². The van der Waals surface area contributed by atoms with Crippen LogP contribution in [0.25, 0.3) is 5.69 Å². The Morgan fingerprint density at radius 3 is 2.08 bits per heavy atom. The van der Waals surface area contributed by atoms with Crippen LogP contribution >= 0.6 is 0 Å². The minimum atomic E-state index is -4.71. The Morgan fingerprint density at radius 2 is 1.53 bits per heavy atom. The van der Waals surface area contributed by atoms with Gasteiger partial charge in [0.15, 0.2) is 15.7 Å². The van der Waals surface area contributed by atoms with Crippen molar-refractivity contribution in [2.24, 2.45) is 0 Å². The van der Waals surface area contributed by atoms with Crippen molar-refractivity contribution >= 4 is 15.7 Å². The zero-order chi connectivity index (χ0) is 25.3. The molecule has 1 aromatic heterocycles. The highest BCUT2D eigenvalue weighted by atomic mass is 32.2. The molecule has 0 unspecified atom stereocenters. The third kappa shape index (κ3) is 6.15. The Hall–Kier alpha value is -2.31. The van der Waals surface area contributed by atoms with E-state index in [1.165, 1.54) is 18.6 Å². The molecule has 5 rings (SSSR count). The molecular formula is C24H32F3N5O3S. The van der Waals surface area contributed by atoms with Gasteiger partial charge in [-0.05, 0) is 37.1 Å². The molecule has 2 aromatic rings. The monoisotopic (exact) mass is 527 g/mol. The van der Waals surface area contributed by atoms with E-state index in [0.717, 1.165) is 69.3 Å². The summed E-state index contributed by atoms with van der Waals surface area (Å²) in [7, 11) is -2.85. The van der Waals surface area contributed by atoms with Crippen LogP contribution < -0.4 is 9.64 Å². The molecular weight excluding hydrogens is 495 g/mol. The van der Waals surface area contributed by atoms with Crippen molar-refractivity contribution < 1.29 is 26.3 Å². The molecule has 36 heavy (non-hydrogen) atoms. The molecule has 0 bridgehead atoms. The summed E-state index contributed by atoms with van der Waals surface area (Å²) in [5, 5.41) is 4.87.